The first-order chi connectivity index (χ1) is 12.1. The third-order valence-electron chi connectivity index (χ3n) is 3.65. The lowest BCUT2D eigenvalue weighted by molar-refractivity contribution is -0.384. The smallest absolute Gasteiger partial charge is 0.271 e. The molecule has 0 saturated carbocycles. The van der Waals surface area contributed by atoms with E-state index < -0.39 is 10.8 Å². The molecule has 124 valence electrons. The van der Waals surface area contributed by atoms with Crippen molar-refractivity contribution in [2.75, 3.05) is 0 Å². The highest BCUT2D eigenvalue weighted by Gasteiger charge is 2.09. The van der Waals surface area contributed by atoms with Crippen LogP contribution < -0.4 is 5.43 Å². The van der Waals surface area contributed by atoms with Gasteiger partial charge in [0.25, 0.3) is 11.6 Å². The van der Waals surface area contributed by atoms with Crippen molar-refractivity contribution in [2.45, 2.75) is 0 Å². The highest BCUT2D eigenvalue weighted by Crippen LogP contribution is 2.25. The number of nitro groups is 1. The minimum atomic E-state index is -0.539. The highest BCUT2D eigenvalue weighted by molar-refractivity contribution is 6.03. The molecular formula is C18H13N3O4. The van der Waals surface area contributed by atoms with Gasteiger partial charge in [-0.3, -0.25) is 14.9 Å². The fourth-order valence-corrected chi connectivity index (χ4v) is 2.37. The number of carbonyl (C=O) groups excluding carboxylic acids is 1. The fourth-order valence-electron chi connectivity index (χ4n) is 2.37. The summed E-state index contributed by atoms with van der Waals surface area (Å²) >= 11 is 0. The van der Waals surface area contributed by atoms with Crippen LogP contribution in [0.25, 0.3) is 10.8 Å². The second-order valence-electron chi connectivity index (χ2n) is 5.22. The van der Waals surface area contributed by atoms with Crippen LogP contribution in [0, 0.1) is 10.1 Å². The zero-order valence-electron chi connectivity index (χ0n) is 12.9. The van der Waals surface area contributed by atoms with Crippen LogP contribution in [-0.2, 0) is 0 Å². The number of carbonyl (C=O) groups is 1. The average molecular weight is 335 g/mol. The Morgan fingerprint density at radius 1 is 1.08 bits per heavy atom. The first-order valence-corrected chi connectivity index (χ1v) is 7.35. The molecule has 0 fully saturated rings. The first-order valence-electron chi connectivity index (χ1n) is 7.35. The largest absolute Gasteiger partial charge is 0.507 e. The van der Waals surface area contributed by atoms with Crippen molar-refractivity contribution in [3.8, 4) is 5.75 Å². The standard InChI is InChI=1S/C18H13N3O4/c22-17-10-7-12-3-1-2-4-15(12)16(17)11-19-20-18(23)13-5-8-14(9-6-13)21(24)25/h1-11,22H,(H,20,23)/b19-11+. The number of nitro benzene ring substituents is 1. The lowest BCUT2D eigenvalue weighted by Crippen LogP contribution is -2.17. The number of hydrazone groups is 1. The van der Waals surface area contributed by atoms with Gasteiger partial charge in [-0.1, -0.05) is 30.3 Å². The van der Waals surface area contributed by atoms with Crippen molar-refractivity contribution in [1.82, 2.24) is 5.43 Å². The Balaban J connectivity index is 1.78. The number of rotatable bonds is 4. The molecule has 7 heteroatoms. The van der Waals surface area contributed by atoms with Crippen molar-refractivity contribution in [3.63, 3.8) is 0 Å². The molecule has 0 unspecified atom stereocenters. The third kappa shape index (κ3) is 3.45. The maximum Gasteiger partial charge on any atom is 0.271 e. The number of nitrogens with one attached hydrogen (secondary N) is 1. The van der Waals surface area contributed by atoms with Gasteiger partial charge >= 0.3 is 0 Å². The molecule has 0 radical (unpaired) electrons. The van der Waals surface area contributed by atoms with E-state index in [1.165, 1.54) is 30.5 Å². The topological polar surface area (TPSA) is 105 Å². The Labute approximate surface area is 142 Å². The third-order valence-corrected chi connectivity index (χ3v) is 3.65. The summed E-state index contributed by atoms with van der Waals surface area (Å²) in [6.07, 6.45) is 1.36. The van der Waals surface area contributed by atoms with Gasteiger partial charge in [0.15, 0.2) is 0 Å². The van der Waals surface area contributed by atoms with Crippen molar-refractivity contribution < 1.29 is 14.8 Å². The van der Waals surface area contributed by atoms with Crippen LogP contribution in [0.4, 0.5) is 5.69 Å². The summed E-state index contributed by atoms with van der Waals surface area (Å²) in [6, 6.07) is 16.0. The lowest BCUT2D eigenvalue weighted by atomic mass is 10.0. The van der Waals surface area contributed by atoms with E-state index in [2.05, 4.69) is 10.5 Å². The molecule has 3 aromatic rings. The predicted octanol–water partition coefficient (Wildman–Crippen LogP) is 3.22. The molecule has 7 nitrogen and oxygen atoms in total. The fraction of sp³-hybridized carbons (Fsp3) is 0. The van der Waals surface area contributed by atoms with Crippen molar-refractivity contribution in [2.24, 2.45) is 5.10 Å². The van der Waals surface area contributed by atoms with Gasteiger partial charge in [0.1, 0.15) is 5.75 Å². The van der Waals surface area contributed by atoms with Crippen LogP contribution in [0.1, 0.15) is 15.9 Å². The Kier molecular flexibility index (Phi) is 4.38. The minimum Gasteiger partial charge on any atom is -0.507 e. The van der Waals surface area contributed by atoms with Gasteiger partial charge in [-0.05, 0) is 29.0 Å². The Hall–Kier alpha value is -3.74. The molecule has 0 aliphatic carbocycles. The summed E-state index contributed by atoms with van der Waals surface area (Å²) in [5.41, 5.74) is 2.97. The molecule has 0 aliphatic rings. The summed E-state index contributed by atoms with van der Waals surface area (Å²) in [6.45, 7) is 0. The van der Waals surface area contributed by atoms with Gasteiger partial charge in [-0.25, -0.2) is 5.43 Å². The van der Waals surface area contributed by atoms with Crippen LogP contribution >= 0.6 is 0 Å². The van der Waals surface area contributed by atoms with Crippen LogP contribution in [0.5, 0.6) is 5.75 Å². The number of amides is 1. The molecule has 0 spiro atoms. The number of phenolic OH excluding ortho intramolecular Hbond substituents is 1. The van der Waals surface area contributed by atoms with Crippen LogP contribution in [0.15, 0.2) is 65.8 Å². The van der Waals surface area contributed by atoms with E-state index >= 15 is 0 Å². The van der Waals surface area contributed by atoms with Gasteiger partial charge in [0, 0.05) is 23.3 Å². The quantitative estimate of drug-likeness (QED) is 0.434. The summed E-state index contributed by atoms with van der Waals surface area (Å²) in [5.74, 6) is -0.460. The summed E-state index contributed by atoms with van der Waals surface area (Å²) in [5, 5.41) is 26.2. The number of non-ortho nitro benzene ring substituents is 1. The van der Waals surface area contributed by atoms with E-state index in [1.54, 1.807) is 12.1 Å². The summed E-state index contributed by atoms with van der Waals surface area (Å²) < 4.78 is 0. The molecule has 0 atom stereocenters. The summed E-state index contributed by atoms with van der Waals surface area (Å²) in [4.78, 5) is 22.1. The maximum atomic E-state index is 12.0. The first kappa shape index (κ1) is 16.1. The van der Waals surface area contributed by atoms with E-state index in [9.17, 15) is 20.0 Å². The van der Waals surface area contributed by atoms with E-state index in [0.29, 0.717) is 5.56 Å². The number of nitrogens with zero attached hydrogens (tertiary/aromatic N) is 2. The maximum absolute atomic E-state index is 12.0. The molecule has 0 bridgehead atoms. The Morgan fingerprint density at radius 3 is 2.52 bits per heavy atom. The number of phenols is 1. The van der Waals surface area contributed by atoms with Crippen LogP contribution in [0.3, 0.4) is 0 Å². The molecule has 25 heavy (non-hydrogen) atoms. The number of hydrogen-bond acceptors (Lipinski definition) is 5. The zero-order chi connectivity index (χ0) is 17.8. The molecule has 2 N–H and O–H groups in total. The molecule has 0 saturated heterocycles. The second-order valence-corrected chi connectivity index (χ2v) is 5.22. The normalized spacial score (nSPS) is 10.9. The minimum absolute atomic E-state index is 0.0482. The average Bonchev–Trinajstić information content (AvgIpc) is 2.63. The number of fused-ring (bicyclic) bond motifs is 1. The van der Waals surface area contributed by atoms with Gasteiger partial charge in [0.05, 0.1) is 11.1 Å². The van der Waals surface area contributed by atoms with E-state index in [4.69, 9.17) is 0 Å². The van der Waals surface area contributed by atoms with E-state index in [0.717, 1.165) is 10.8 Å². The molecule has 1 amide bonds. The van der Waals surface area contributed by atoms with Crippen LogP contribution in [-0.4, -0.2) is 22.2 Å². The van der Waals surface area contributed by atoms with Gasteiger partial charge in [0.2, 0.25) is 0 Å². The lowest BCUT2D eigenvalue weighted by Gasteiger charge is -2.05. The van der Waals surface area contributed by atoms with Crippen molar-refractivity contribution >= 4 is 28.6 Å². The van der Waals surface area contributed by atoms with Crippen LogP contribution in [0.2, 0.25) is 0 Å². The number of benzene rings is 3. The Morgan fingerprint density at radius 2 is 1.80 bits per heavy atom. The number of aromatic hydroxyl groups is 1. The molecule has 0 aliphatic heterocycles. The summed E-state index contributed by atoms with van der Waals surface area (Å²) in [7, 11) is 0. The van der Waals surface area contributed by atoms with Gasteiger partial charge < -0.3 is 5.11 Å². The van der Waals surface area contributed by atoms with E-state index in [-0.39, 0.29) is 17.0 Å². The molecule has 0 heterocycles. The molecule has 3 aromatic carbocycles. The van der Waals surface area contributed by atoms with Gasteiger partial charge in [-0.2, -0.15) is 5.10 Å². The number of hydrogen-bond donors (Lipinski definition) is 2. The zero-order valence-corrected chi connectivity index (χ0v) is 12.9. The molecule has 3 rings (SSSR count). The highest BCUT2D eigenvalue weighted by atomic mass is 16.6. The predicted molar refractivity (Wildman–Crippen MR) is 93.8 cm³/mol. The van der Waals surface area contributed by atoms with E-state index in [1.807, 2.05) is 24.3 Å². The van der Waals surface area contributed by atoms with Gasteiger partial charge in [-0.15, -0.1) is 0 Å². The SMILES string of the molecule is O=C(N/N=C/c1c(O)ccc2ccccc12)c1ccc([N+](=O)[O-])cc1. The monoisotopic (exact) mass is 335 g/mol. The second kappa shape index (κ2) is 6.79. The molecule has 0 aromatic heterocycles. The molecular weight excluding hydrogens is 322 g/mol. The Bertz CT molecular complexity index is 981. The van der Waals surface area contributed by atoms with Crippen molar-refractivity contribution in [1.29, 1.82) is 0 Å². The van der Waals surface area contributed by atoms with Crippen molar-refractivity contribution in [3.05, 3.63) is 81.9 Å².